The zero-order valence-electron chi connectivity index (χ0n) is 11.9. The number of rotatable bonds is 4. The highest BCUT2D eigenvalue weighted by atomic mass is 35.5. The Morgan fingerprint density at radius 2 is 1.70 bits per heavy atom. The third-order valence-corrected chi connectivity index (χ3v) is 5.31. The number of aromatic nitrogens is 1. The predicted molar refractivity (Wildman–Crippen MR) is 93.6 cm³/mol. The van der Waals surface area contributed by atoms with Crippen LogP contribution in [-0.4, -0.2) is 21.8 Å². The minimum Gasteiger partial charge on any atom is -0.330 e. The molecular formula is C16H12Cl4N2O. The number of pyridine rings is 1. The van der Waals surface area contributed by atoms with Crippen molar-refractivity contribution in [1.29, 1.82) is 0 Å². The Kier molecular flexibility index (Phi) is 5.02. The number of carbonyl (C=O) groups is 1. The lowest BCUT2D eigenvalue weighted by atomic mass is 10.2. The molecule has 1 aromatic carbocycles. The topological polar surface area (TPSA) is 33.2 Å². The van der Waals surface area contributed by atoms with Crippen LogP contribution in [0.15, 0.2) is 30.3 Å². The average Bonchev–Trinajstić information content (AvgIpc) is 3.39. The summed E-state index contributed by atoms with van der Waals surface area (Å²) >= 11 is 24.0. The van der Waals surface area contributed by atoms with Crippen LogP contribution in [0.25, 0.3) is 0 Å². The van der Waals surface area contributed by atoms with Crippen molar-refractivity contribution in [1.82, 2.24) is 9.88 Å². The van der Waals surface area contributed by atoms with Crippen LogP contribution in [0.4, 0.5) is 0 Å². The van der Waals surface area contributed by atoms with Gasteiger partial charge in [0, 0.05) is 12.6 Å². The van der Waals surface area contributed by atoms with Gasteiger partial charge in [-0.2, -0.15) is 0 Å². The second-order valence-electron chi connectivity index (χ2n) is 5.34. The molecule has 0 atom stereocenters. The molecule has 1 amide bonds. The molecule has 120 valence electrons. The van der Waals surface area contributed by atoms with Gasteiger partial charge in [0.05, 0.1) is 15.1 Å². The molecule has 2 aromatic rings. The fourth-order valence-corrected chi connectivity index (χ4v) is 3.11. The standard InChI is InChI=1S/C16H12Cl4N2O/c17-11-12(18)14(21-15(20)13(11)19)16(23)22(10-6-7-10)8-9-4-2-1-3-5-9/h1-5,10H,6-8H2. The fraction of sp³-hybridized carbons (Fsp3) is 0.250. The minimum atomic E-state index is -0.290. The second kappa shape index (κ2) is 6.86. The van der Waals surface area contributed by atoms with E-state index in [-0.39, 0.29) is 37.9 Å². The van der Waals surface area contributed by atoms with Crippen LogP contribution < -0.4 is 0 Å². The van der Waals surface area contributed by atoms with Crippen molar-refractivity contribution in [3.8, 4) is 0 Å². The summed E-state index contributed by atoms with van der Waals surface area (Å²) in [7, 11) is 0. The monoisotopic (exact) mass is 388 g/mol. The van der Waals surface area contributed by atoms with Crippen molar-refractivity contribution in [2.45, 2.75) is 25.4 Å². The molecule has 1 aliphatic rings. The number of amides is 1. The molecule has 3 nitrogen and oxygen atoms in total. The van der Waals surface area contributed by atoms with Gasteiger partial charge in [-0.15, -0.1) is 0 Å². The molecule has 0 N–H and O–H groups in total. The largest absolute Gasteiger partial charge is 0.330 e. The van der Waals surface area contributed by atoms with Gasteiger partial charge in [0.2, 0.25) is 0 Å². The number of hydrogen-bond donors (Lipinski definition) is 0. The normalized spacial score (nSPS) is 13.9. The van der Waals surface area contributed by atoms with Gasteiger partial charge in [-0.3, -0.25) is 4.79 Å². The summed E-state index contributed by atoms with van der Waals surface area (Å²) in [6, 6.07) is 9.94. The first-order valence-corrected chi connectivity index (χ1v) is 8.55. The summed E-state index contributed by atoms with van der Waals surface area (Å²) in [5.74, 6) is -0.290. The van der Waals surface area contributed by atoms with E-state index in [0.717, 1.165) is 18.4 Å². The number of carbonyl (C=O) groups excluding carboxylic acids is 1. The highest BCUT2D eigenvalue weighted by Gasteiger charge is 2.35. The first-order chi connectivity index (χ1) is 11.0. The van der Waals surface area contributed by atoms with E-state index in [1.54, 1.807) is 4.90 Å². The molecule has 0 bridgehead atoms. The molecular weight excluding hydrogens is 378 g/mol. The van der Waals surface area contributed by atoms with E-state index in [2.05, 4.69) is 4.98 Å². The molecule has 0 saturated heterocycles. The quantitative estimate of drug-likeness (QED) is 0.646. The lowest BCUT2D eigenvalue weighted by Crippen LogP contribution is -2.33. The van der Waals surface area contributed by atoms with Crippen molar-refractivity contribution >= 4 is 52.3 Å². The maximum absolute atomic E-state index is 12.9. The fourth-order valence-electron chi connectivity index (χ4n) is 2.30. The molecule has 1 aliphatic carbocycles. The Bertz CT molecular complexity index is 747. The Morgan fingerprint density at radius 3 is 2.30 bits per heavy atom. The van der Waals surface area contributed by atoms with E-state index >= 15 is 0 Å². The summed E-state index contributed by atoms with van der Waals surface area (Å²) < 4.78 is 0. The van der Waals surface area contributed by atoms with Crippen LogP contribution in [0.1, 0.15) is 28.9 Å². The Balaban J connectivity index is 1.93. The lowest BCUT2D eigenvalue weighted by molar-refractivity contribution is 0.0724. The van der Waals surface area contributed by atoms with Crippen LogP contribution in [0.5, 0.6) is 0 Å². The summed E-state index contributed by atoms with van der Waals surface area (Å²) in [5, 5.41) is 0.104. The van der Waals surface area contributed by atoms with Crippen LogP contribution in [0, 0.1) is 0 Å². The van der Waals surface area contributed by atoms with Gasteiger partial charge >= 0.3 is 0 Å². The van der Waals surface area contributed by atoms with E-state index < -0.39 is 0 Å². The van der Waals surface area contributed by atoms with Crippen LogP contribution in [0.2, 0.25) is 20.2 Å². The molecule has 1 fully saturated rings. The number of nitrogens with zero attached hydrogens (tertiary/aromatic N) is 2. The molecule has 23 heavy (non-hydrogen) atoms. The molecule has 0 spiro atoms. The second-order valence-corrected chi connectivity index (χ2v) is 6.83. The Hall–Kier alpha value is -1.00. The van der Waals surface area contributed by atoms with Gasteiger partial charge < -0.3 is 4.90 Å². The minimum absolute atomic E-state index is 0.0279. The molecule has 0 aliphatic heterocycles. The average molecular weight is 390 g/mol. The molecule has 0 radical (unpaired) electrons. The van der Waals surface area contributed by atoms with Gasteiger partial charge in [-0.25, -0.2) is 4.98 Å². The number of benzene rings is 1. The van der Waals surface area contributed by atoms with E-state index in [1.807, 2.05) is 30.3 Å². The molecule has 3 rings (SSSR count). The van der Waals surface area contributed by atoms with Crippen LogP contribution in [0.3, 0.4) is 0 Å². The van der Waals surface area contributed by atoms with Gasteiger partial charge in [0.25, 0.3) is 5.91 Å². The number of hydrogen-bond acceptors (Lipinski definition) is 2. The third kappa shape index (κ3) is 3.58. The smallest absolute Gasteiger partial charge is 0.274 e. The summed E-state index contributed by atoms with van der Waals surface area (Å²) in [5.41, 5.74) is 1.07. The zero-order chi connectivity index (χ0) is 16.6. The van der Waals surface area contributed by atoms with Gasteiger partial charge in [-0.05, 0) is 18.4 Å². The number of halogens is 4. The molecule has 1 aromatic heterocycles. The van der Waals surface area contributed by atoms with E-state index in [1.165, 1.54) is 0 Å². The molecule has 1 saturated carbocycles. The van der Waals surface area contributed by atoms with Crippen LogP contribution >= 0.6 is 46.4 Å². The van der Waals surface area contributed by atoms with E-state index in [0.29, 0.717) is 6.54 Å². The first kappa shape index (κ1) is 16.8. The van der Waals surface area contributed by atoms with Crippen molar-refractivity contribution in [2.24, 2.45) is 0 Å². The zero-order valence-corrected chi connectivity index (χ0v) is 14.9. The molecule has 7 heteroatoms. The van der Waals surface area contributed by atoms with E-state index in [4.69, 9.17) is 46.4 Å². The highest BCUT2D eigenvalue weighted by molar-refractivity contribution is 6.52. The first-order valence-electron chi connectivity index (χ1n) is 7.04. The van der Waals surface area contributed by atoms with Crippen molar-refractivity contribution in [3.63, 3.8) is 0 Å². The Morgan fingerprint density at radius 1 is 1.04 bits per heavy atom. The highest BCUT2D eigenvalue weighted by Crippen LogP contribution is 2.38. The molecule has 1 heterocycles. The van der Waals surface area contributed by atoms with Crippen LogP contribution in [-0.2, 0) is 6.54 Å². The summed E-state index contributed by atoms with van der Waals surface area (Å²) in [6.07, 6.45) is 1.93. The predicted octanol–water partition coefficient (Wildman–Crippen LogP) is 5.50. The Labute approximate surface area is 154 Å². The SMILES string of the molecule is O=C(c1nc(Cl)c(Cl)c(Cl)c1Cl)N(Cc1ccccc1)C1CC1. The summed E-state index contributed by atoms with van der Waals surface area (Å²) in [6.45, 7) is 0.486. The van der Waals surface area contributed by atoms with E-state index in [9.17, 15) is 4.79 Å². The van der Waals surface area contributed by atoms with Gasteiger partial charge in [0.1, 0.15) is 10.8 Å². The van der Waals surface area contributed by atoms with Gasteiger partial charge in [0.15, 0.2) is 0 Å². The van der Waals surface area contributed by atoms with Crippen molar-refractivity contribution < 1.29 is 4.79 Å². The van der Waals surface area contributed by atoms with Gasteiger partial charge in [-0.1, -0.05) is 76.7 Å². The lowest BCUT2D eigenvalue weighted by Gasteiger charge is -2.23. The molecule has 0 unspecified atom stereocenters. The van der Waals surface area contributed by atoms with Crippen molar-refractivity contribution in [2.75, 3.05) is 0 Å². The third-order valence-electron chi connectivity index (χ3n) is 3.63. The summed E-state index contributed by atoms with van der Waals surface area (Å²) in [4.78, 5) is 18.7. The maximum Gasteiger partial charge on any atom is 0.274 e. The van der Waals surface area contributed by atoms with Crippen molar-refractivity contribution in [3.05, 3.63) is 61.8 Å². The maximum atomic E-state index is 12.9.